The number of rotatable bonds is 9. The van der Waals surface area contributed by atoms with Crippen LogP contribution in [0.15, 0.2) is 53.3 Å². The summed E-state index contributed by atoms with van der Waals surface area (Å²) in [5.74, 6) is -0.0583. The molecule has 6 nitrogen and oxygen atoms in total. The molecule has 0 radical (unpaired) electrons. The summed E-state index contributed by atoms with van der Waals surface area (Å²) in [7, 11) is 1.76. The van der Waals surface area contributed by atoms with Crippen LogP contribution in [0.25, 0.3) is 11.0 Å². The van der Waals surface area contributed by atoms with E-state index in [0.717, 1.165) is 36.2 Å². The quantitative estimate of drug-likeness (QED) is 0.607. The van der Waals surface area contributed by atoms with Crippen LogP contribution in [0.2, 0.25) is 0 Å². The standard InChI is InChI=1S/C23H30N4O2/c1-4-26(5-2)17-19-12-10-18(11-13-19)16-24-22(28)14-15-27-21-9-7-6-8-20(21)25(3)23(27)29/h6-13H,4-5,14-17H2,1-3H3,(H,24,28). The van der Waals surface area contributed by atoms with Gasteiger partial charge in [0.15, 0.2) is 0 Å². The van der Waals surface area contributed by atoms with Crippen molar-refractivity contribution >= 4 is 16.9 Å². The van der Waals surface area contributed by atoms with Crippen LogP contribution in [0, 0.1) is 0 Å². The van der Waals surface area contributed by atoms with Crippen LogP contribution in [-0.2, 0) is 31.5 Å². The second kappa shape index (κ2) is 9.56. The lowest BCUT2D eigenvalue weighted by molar-refractivity contribution is -0.121. The summed E-state index contributed by atoms with van der Waals surface area (Å²) < 4.78 is 3.28. The molecule has 0 aliphatic rings. The van der Waals surface area contributed by atoms with Crippen molar-refractivity contribution in [1.82, 2.24) is 19.4 Å². The third kappa shape index (κ3) is 4.95. The Morgan fingerprint density at radius 1 is 0.966 bits per heavy atom. The van der Waals surface area contributed by atoms with E-state index >= 15 is 0 Å². The van der Waals surface area contributed by atoms with Gasteiger partial charge in [-0.25, -0.2) is 4.79 Å². The van der Waals surface area contributed by atoms with Crippen molar-refractivity contribution in [1.29, 1.82) is 0 Å². The highest BCUT2D eigenvalue weighted by molar-refractivity contribution is 5.77. The first-order valence-corrected chi connectivity index (χ1v) is 10.2. The molecule has 1 amide bonds. The number of benzene rings is 2. The number of nitrogens with zero attached hydrogens (tertiary/aromatic N) is 3. The number of fused-ring (bicyclic) bond motifs is 1. The maximum Gasteiger partial charge on any atom is 0.328 e. The molecule has 0 aliphatic heterocycles. The van der Waals surface area contributed by atoms with E-state index in [4.69, 9.17) is 0 Å². The molecule has 3 rings (SSSR count). The third-order valence-corrected chi connectivity index (χ3v) is 5.43. The number of carbonyl (C=O) groups excluding carboxylic acids is 1. The van der Waals surface area contributed by atoms with Gasteiger partial charge in [-0.2, -0.15) is 0 Å². The normalized spacial score (nSPS) is 11.3. The summed E-state index contributed by atoms with van der Waals surface area (Å²) in [6.07, 6.45) is 0.272. The molecule has 1 aromatic heterocycles. The zero-order valence-corrected chi connectivity index (χ0v) is 17.5. The monoisotopic (exact) mass is 394 g/mol. The van der Waals surface area contributed by atoms with Crippen molar-refractivity contribution < 1.29 is 4.79 Å². The van der Waals surface area contributed by atoms with Gasteiger partial charge in [0.1, 0.15) is 0 Å². The van der Waals surface area contributed by atoms with Crippen molar-refractivity contribution in [3.05, 3.63) is 70.1 Å². The van der Waals surface area contributed by atoms with Crippen LogP contribution in [0.4, 0.5) is 0 Å². The molecule has 0 saturated heterocycles. The number of hydrogen-bond acceptors (Lipinski definition) is 3. The fourth-order valence-electron chi connectivity index (χ4n) is 3.55. The molecular formula is C23H30N4O2. The molecule has 1 N–H and O–H groups in total. The first-order valence-electron chi connectivity index (χ1n) is 10.2. The molecule has 1 heterocycles. The van der Waals surface area contributed by atoms with Gasteiger partial charge in [-0.15, -0.1) is 0 Å². The Kier molecular flexibility index (Phi) is 6.88. The first kappa shape index (κ1) is 20.9. The van der Waals surface area contributed by atoms with Crippen molar-refractivity contribution in [2.75, 3.05) is 13.1 Å². The Hall–Kier alpha value is -2.86. The van der Waals surface area contributed by atoms with Crippen LogP contribution >= 0.6 is 0 Å². The minimum Gasteiger partial charge on any atom is -0.352 e. The van der Waals surface area contributed by atoms with Gasteiger partial charge in [0.05, 0.1) is 11.0 Å². The van der Waals surface area contributed by atoms with Gasteiger partial charge in [-0.3, -0.25) is 18.8 Å². The number of aromatic nitrogens is 2. The lowest BCUT2D eigenvalue weighted by Crippen LogP contribution is -2.27. The number of amides is 1. The van der Waals surface area contributed by atoms with Gasteiger partial charge in [0.2, 0.25) is 5.91 Å². The predicted molar refractivity (Wildman–Crippen MR) is 117 cm³/mol. The number of para-hydroxylation sites is 2. The second-order valence-corrected chi connectivity index (χ2v) is 7.29. The number of aryl methyl sites for hydroxylation is 2. The zero-order valence-electron chi connectivity index (χ0n) is 17.5. The second-order valence-electron chi connectivity index (χ2n) is 7.29. The molecule has 0 unspecified atom stereocenters. The molecule has 154 valence electrons. The number of imidazole rings is 1. The average molecular weight is 395 g/mol. The van der Waals surface area contributed by atoms with Gasteiger partial charge < -0.3 is 5.32 Å². The highest BCUT2D eigenvalue weighted by Gasteiger charge is 2.11. The van der Waals surface area contributed by atoms with Crippen LogP contribution in [0.3, 0.4) is 0 Å². The third-order valence-electron chi connectivity index (χ3n) is 5.43. The summed E-state index contributed by atoms with van der Waals surface area (Å²) in [5.41, 5.74) is 3.99. The Balaban J connectivity index is 1.53. The van der Waals surface area contributed by atoms with E-state index in [-0.39, 0.29) is 18.0 Å². The van der Waals surface area contributed by atoms with Crippen molar-refractivity contribution in [2.24, 2.45) is 7.05 Å². The minimum atomic E-state index is -0.0946. The van der Waals surface area contributed by atoms with Crippen LogP contribution in [0.1, 0.15) is 31.4 Å². The largest absolute Gasteiger partial charge is 0.352 e. The molecule has 0 aliphatic carbocycles. The maximum atomic E-state index is 12.4. The number of nitrogens with one attached hydrogen (secondary N) is 1. The first-order chi connectivity index (χ1) is 14.0. The minimum absolute atomic E-state index is 0.0583. The van der Waals surface area contributed by atoms with Gasteiger partial charge in [0.25, 0.3) is 0 Å². The highest BCUT2D eigenvalue weighted by Crippen LogP contribution is 2.12. The number of carbonyl (C=O) groups is 1. The van der Waals surface area contributed by atoms with Gasteiger partial charge in [0, 0.05) is 33.1 Å². The summed E-state index contributed by atoms with van der Waals surface area (Å²) in [4.78, 5) is 27.1. The van der Waals surface area contributed by atoms with E-state index in [1.165, 1.54) is 5.56 Å². The van der Waals surface area contributed by atoms with Crippen molar-refractivity contribution in [3.8, 4) is 0 Å². The van der Waals surface area contributed by atoms with Gasteiger partial charge >= 0.3 is 5.69 Å². The fourth-order valence-corrected chi connectivity index (χ4v) is 3.55. The van der Waals surface area contributed by atoms with Gasteiger partial charge in [-0.1, -0.05) is 50.2 Å². The van der Waals surface area contributed by atoms with E-state index in [9.17, 15) is 9.59 Å². The summed E-state index contributed by atoms with van der Waals surface area (Å²) in [6.45, 7) is 8.21. The Morgan fingerprint density at radius 3 is 2.24 bits per heavy atom. The predicted octanol–water partition coefficient (Wildman–Crippen LogP) is 2.89. The molecule has 0 bridgehead atoms. The average Bonchev–Trinajstić information content (AvgIpc) is 3.00. The lowest BCUT2D eigenvalue weighted by atomic mass is 10.1. The number of hydrogen-bond donors (Lipinski definition) is 1. The molecular weight excluding hydrogens is 364 g/mol. The summed E-state index contributed by atoms with van der Waals surface area (Å²) in [6, 6.07) is 16.0. The smallest absolute Gasteiger partial charge is 0.328 e. The lowest BCUT2D eigenvalue weighted by Gasteiger charge is -2.18. The molecule has 0 atom stereocenters. The Labute approximate surface area is 171 Å². The molecule has 0 saturated carbocycles. The van der Waals surface area contributed by atoms with E-state index in [1.807, 2.05) is 24.3 Å². The molecule has 2 aromatic carbocycles. The highest BCUT2D eigenvalue weighted by atomic mass is 16.2. The molecule has 6 heteroatoms. The van der Waals surface area contributed by atoms with Crippen LogP contribution < -0.4 is 11.0 Å². The summed E-state index contributed by atoms with van der Waals surface area (Å²) in [5, 5.41) is 2.95. The van der Waals surface area contributed by atoms with Crippen molar-refractivity contribution in [3.63, 3.8) is 0 Å². The molecule has 29 heavy (non-hydrogen) atoms. The summed E-state index contributed by atoms with van der Waals surface area (Å²) >= 11 is 0. The SMILES string of the molecule is CCN(CC)Cc1ccc(CNC(=O)CCn2c(=O)n(C)c3ccccc32)cc1. The Bertz CT molecular complexity index is 1010. The zero-order chi connectivity index (χ0) is 20.8. The molecule has 0 fully saturated rings. The van der Waals surface area contributed by atoms with E-state index in [1.54, 1.807) is 16.2 Å². The topological polar surface area (TPSA) is 59.3 Å². The van der Waals surface area contributed by atoms with Crippen LogP contribution in [-0.4, -0.2) is 33.0 Å². The van der Waals surface area contributed by atoms with E-state index in [2.05, 4.69) is 48.3 Å². The fraction of sp³-hybridized carbons (Fsp3) is 0.391. The van der Waals surface area contributed by atoms with Crippen molar-refractivity contribution in [2.45, 2.75) is 39.9 Å². The molecule has 0 spiro atoms. The molecule has 3 aromatic rings. The van der Waals surface area contributed by atoms with Crippen LogP contribution in [0.5, 0.6) is 0 Å². The Morgan fingerprint density at radius 2 is 1.59 bits per heavy atom. The van der Waals surface area contributed by atoms with E-state index in [0.29, 0.717) is 13.1 Å². The van der Waals surface area contributed by atoms with E-state index < -0.39 is 0 Å². The maximum absolute atomic E-state index is 12.4. The van der Waals surface area contributed by atoms with Gasteiger partial charge in [-0.05, 0) is 36.3 Å².